The highest BCUT2D eigenvalue weighted by Crippen LogP contribution is 2.17. The molecule has 0 aliphatic heterocycles. The van der Waals surface area contributed by atoms with Gasteiger partial charge in [-0.15, -0.1) is 0 Å². The number of rotatable bonds is 7. The van der Waals surface area contributed by atoms with E-state index in [0.717, 1.165) is 16.0 Å². The number of aliphatic carboxylic acids is 1. The van der Waals surface area contributed by atoms with Crippen LogP contribution in [0, 0.1) is 0 Å². The minimum absolute atomic E-state index is 0.210. The second-order valence-electron chi connectivity index (χ2n) is 3.06. The molecule has 1 rings (SSSR count). The Balaban J connectivity index is 2.09. The first kappa shape index (κ1) is 13.4. The van der Waals surface area contributed by atoms with E-state index < -0.39 is 5.97 Å². The number of ether oxygens (including phenoxy) is 1. The third-order valence-corrected chi connectivity index (χ3v) is 3.19. The van der Waals surface area contributed by atoms with Gasteiger partial charge in [0.25, 0.3) is 0 Å². The van der Waals surface area contributed by atoms with Crippen molar-refractivity contribution in [2.45, 2.75) is 6.42 Å². The lowest BCUT2D eigenvalue weighted by molar-refractivity contribution is -0.136. The van der Waals surface area contributed by atoms with E-state index in [1.807, 2.05) is 24.3 Å². The summed E-state index contributed by atoms with van der Waals surface area (Å²) in [6.45, 7) is 0.598. The third-order valence-electron chi connectivity index (χ3n) is 1.75. The standard InChI is InChI=1S/C11H13BrO3S/c12-9-2-1-3-10(8-9)15-5-7-16-6-4-11(13)14/h1-3,8H,4-7H2,(H,13,14). The Labute approximate surface area is 107 Å². The van der Waals surface area contributed by atoms with Crippen LogP contribution in [0.2, 0.25) is 0 Å². The van der Waals surface area contributed by atoms with Crippen LogP contribution in [-0.2, 0) is 4.79 Å². The molecule has 1 aromatic rings. The molecule has 0 saturated heterocycles. The van der Waals surface area contributed by atoms with Crippen molar-refractivity contribution in [3.63, 3.8) is 0 Å². The van der Waals surface area contributed by atoms with Crippen molar-refractivity contribution >= 4 is 33.7 Å². The molecule has 0 saturated carbocycles. The smallest absolute Gasteiger partial charge is 0.304 e. The van der Waals surface area contributed by atoms with Gasteiger partial charge in [-0.05, 0) is 18.2 Å². The normalized spacial score (nSPS) is 10.1. The molecule has 0 bridgehead atoms. The van der Waals surface area contributed by atoms with E-state index in [-0.39, 0.29) is 6.42 Å². The van der Waals surface area contributed by atoms with Crippen molar-refractivity contribution in [1.29, 1.82) is 0 Å². The third kappa shape index (κ3) is 6.02. The van der Waals surface area contributed by atoms with Gasteiger partial charge >= 0.3 is 5.97 Å². The van der Waals surface area contributed by atoms with Crippen LogP contribution in [0.15, 0.2) is 28.7 Å². The number of benzene rings is 1. The van der Waals surface area contributed by atoms with Crippen LogP contribution < -0.4 is 4.74 Å². The average Bonchev–Trinajstić information content (AvgIpc) is 2.23. The first-order valence-electron chi connectivity index (χ1n) is 4.86. The minimum Gasteiger partial charge on any atom is -0.493 e. The van der Waals surface area contributed by atoms with Crippen molar-refractivity contribution in [3.8, 4) is 5.75 Å². The van der Waals surface area contributed by atoms with Crippen LogP contribution in [-0.4, -0.2) is 29.2 Å². The highest BCUT2D eigenvalue weighted by molar-refractivity contribution is 9.10. The summed E-state index contributed by atoms with van der Waals surface area (Å²) in [6.07, 6.45) is 0.210. The fourth-order valence-electron chi connectivity index (χ4n) is 1.04. The van der Waals surface area contributed by atoms with Crippen molar-refractivity contribution in [2.75, 3.05) is 18.1 Å². The summed E-state index contributed by atoms with van der Waals surface area (Å²) in [5.74, 6) is 1.52. The van der Waals surface area contributed by atoms with Gasteiger partial charge in [0, 0.05) is 16.0 Å². The van der Waals surface area contributed by atoms with E-state index in [1.165, 1.54) is 0 Å². The van der Waals surface area contributed by atoms with E-state index in [2.05, 4.69) is 15.9 Å². The second kappa shape index (κ2) is 7.57. The Morgan fingerprint density at radius 1 is 1.44 bits per heavy atom. The molecule has 0 aliphatic carbocycles. The number of thioether (sulfide) groups is 1. The summed E-state index contributed by atoms with van der Waals surface area (Å²) in [4.78, 5) is 10.2. The molecule has 0 amide bonds. The van der Waals surface area contributed by atoms with Crippen LogP contribution in [0.4, 0.5) is 0 Å². The maximum Gasteiger partial charge on any atom is 0.304 e. The Hall–Kier alpha value is -0.680. The molecule has 5 heteroatoms. The SMILES string of the molecule is O=C(O)CCSCCOc1cccc(Br)c1. The van der Waals surface area contributed by atoms with Gasteiger partial charge in [-0.25, -0.2) is 0 Å². The molecule has 0 aliphatic rings. The van der Waals surface area contributed by atoms with E-state index in [9.17, 15) is 4.79 Å². The summed E-state index contributed by atoms with van der Waals surface area (Å²) in [7, 11) is 0. The van der Waals surface area contributed by atoms with Crippen LogP contribution in [0.3, 0.4) is 0 Å². The number of carboxylic acids is 1. The van der Waals surface area contributed by atoms with E-state index in [4.69, 9.17) is 9.84 Å². The topological polar surface area (TPSA) is 46.5 Å². The quantitative estimate of drug-likeness (QED) is 0.787. The fraction of sp³-hybridized carbons (Fsp3) is 0.364. The predicted octanol–water partition coefficient (Wildman–Crippen LogP) is 3.04. The molecule has 0 radical (unpaired) electrons. The van der Waals surface area contributed by atoms with Crippen LogP contribution in [0.5, 0.6) is 5.75 Å². The zero-order valence-electron chi connectivity index (χ0n) is 8.69. The molecule has 0 fully saturated rings. The van der Waals surface area contributed by atoms with Crippen LogP contribution in [0.1, 0.15) is 6.42 Å². The Morgan fingerprint density at radius 2 is 2.25 bits per heavy atom. The highest BCUT2D eigenvalue weighted by Gasteiger charge is 1.97. The first-order chi connectivity index (χ1) is 7.68. The van der Waals surface area contributed by atoms with E-state index in [1.54, 1.807) is 11.8 Å². The molecule has 0 unspecified atom stereocenters. The van der Waals surface area contributed by atoms with Gasteiger partial charge in [0.1, 0.15) is 5.75 Å². The molecule has 0 aromatic heterocycles. The molecule has 0 atom stereocenters. The number of carbonyl (C=O) groups is 1. The van der Waals surface area contributed by atoms with Crippen molar-refractivity contribution < 1.29 is 14.6 Å². The van der Waals surface area contributed by atoms with Crippen LogP contribution in [0.25, 0.3) is 0 Å². The second-order valence-corrected chi connectivity index (χ2v) is 5.20. The number of halogens is 1. The van der Waals surface area contributed by atoms with Gasteiger partial charge in [0.2, 0.25) is 0 Å². The Kier molecular flexibility index (Phi) is 6.33. The Morgan fingerprint density at radius 3 is 2.94 bits per heavy atom. The highest BCUT2D eigenvalue weighted by atomic mass is 79.9. The van der Waals surface area contributed by atoms with E-state index in [0.29, 0.717) is 12.4 Å². The summed E-state index contributed by atoms with van der Waals surface area (Å²) in [5.41, 5.74) is 0. The molecule has 3 nitrogen and oxygen atoms in total. The maximum absolute atomic E-state index is 10.2. The summed E-state index contributed by atoms with van der Waals surface area (Å²) >= 11 is 4.95. The lowest BCUT2D eigenvalue weighted by Gasteiger charge is -2.05. The predicted molar refractivity (Wildman–Crippen MR) is 69.2 cm³/mol. The molecule has 1 N–H and O–H groups in total. The average molecular weight is 305 g/mol. The first-order valence-corrected chi connectivity index (χ1v) is 6.81. The zero-order chi connectivity index (χ0) is 11.8. The van der Waals surface area contributed by atoms with Gasteiger partial charge in [-0.2, -0.15) is 11.8 Å². The van der Waals surface area contributed by atoms with E-state index >= 15 is 0 Å². The van der Waals surface area contributed by atoms with Gasteiger partial charge in [-0.1, -0.05) is 22.0 Å². The van der Waals surface area contributed by atoms with Gasteiger partial charge in [0.05, 0.1) is 13.0 Å². The Bertz CT molecular complexity index is 344. The summed E-state index contributed by atoms with van der Waals surface area (Å²) < 4.78 is 6.48. The van der Waals surface area contributed by atoms with Crippen molar-refractivity contribution in [2.24, 2.45) is 0 Å². The van der Waals surface area contributed by atoms with Crippen LogP contribution >= 0.6 is 27.7 Å². The number of carboxylic acid groups (broad SMARTS) is 1. The molecule has 0 heterocycles. The maximum atomic E-state index is 10.2. The summed E-state index contributed by atoms with van der Waals surface area (Å²) in [6, 6.07) is 7.65. The number of hydrogen-bond donors (Lipinski definition) is 1. The molecule has 1 aromatic carbocycles. The molecule has 88 valence electrons. The molecular weight excluding hydrogens is 292 g/mol. The molecule has 16 heavy (non-hydrogen) atoms. The van der Waals surface area contributed by atoms with Crippen molar-refractivity contribution in [1.82, 2.24) is 0 Å². The largest absolute Gasteiger partial charge is 0.493 e. The number of hydrogen-bond acceptors (Lipinski definition) is 3. The van der Waals surface area contributed by atoms with Gasteiger partial charge < -0.3 is 9.84 Å². The lowest BCUT2D eigenvalue weighted by Crippen LogP contribution is -2.02. The lowest BCUT2D eigenvalue weighted by atomic mass is 10.3. The van der Waals surface area contributed by atoms with Crippen molar-refractivity contribution in [3.05, 3.63) is 28.7 Å². The van der Waals surface area contributed by atoms with Gasteiger partial charge in [0.15, 0.2) is 0 Å². The van der Waals surface area contributed by atoms with Gasteiger partial charge in [-0.3, -0.25) is 4.79 Å². The summed E-state index contributed by atoms with van der Waals surface area (Å²) in [5, 5.41) is 8.43. The molecular formula is C11H13BrO3S. The monoisotopic (exact) mass is 304 g/mol. The fourth-order valence-corrected chi connectivity index (χ4v) is 2.14. The minimum atomic E-state index is -0.750. The zero-order valence-corrected chi connectivity index (χ0v) is 11.1. The molecule has 0 spiro atoms.